The van der Waals surface area contributed by atoms with Crippen molar-refractivity contribution in [3.05, 3.63) is 23.0 Å². The van der Waals surface area contributed by atoms with Crippen LogP contribution in [-0.2, 0) is 14.3 Å². The minimum absolute atomic E-state index is 0.0753. The molecule has 6 atom stereocenters. The molecule has 0 aliphatic heterocycles. The number of carbonyl (C=O) groups is 2. The van der Waals surface area contributed by atoms with Crippen molar-refractivity contribution in [1.82, 2.24) is 5.48 Å². The van der Waals surface area contributed by atoms with Gasteiger partial charge in [0.15, 0.2) is 0 Å². The van der Waals surface area contributed by atoms with E-state index in [1.807, 2.05) is 19.9 Å². The highest BCUT2D eigenvalue weighted by Gasteiger charge is 2.37. The Bertz CT molecular complexity index is 700. The van der Waals surface area contributed by atoms with Crippen molar-refractivity contribution in [2.24, 2.45) is 23.7 Å². The first-order valence-corrected chi connectivity index (χ1v) is 11.6. The molecule has 1 saturated carbocycles. The van der Waals surface area contributed by atoms with Gasteiger partial charge in [0, 0.05) is 0 Å². The summed E-state index contributed by atoms with van der Waals surface area (Å²) in [5, 5.41) is 28.9. The Kier molecular flexibility index (Phi) is 9.72. The summed E-state index contributed by atoms with van der Waals surface area (Å²) >= 11 is 0. The molecule has 4 N–H and O–H groups in total. The second-order valence-electron chi connectivity index (χ2n) is 9.46. The molecule has 176 valence electrons. The molecular formula is C24H39NO6. The van der Waals surface area contributed by atoms with Gasteiger partial charge in [-0.15, -0.1) is 0 Å². The van der Waals surface area contributed by atoms with Crippen LogP contribution >= 0.6 is 0 Å². The van der Waals surface area contributed by atoms with Crippen molar-refractivity contribution in [3.8, 4) is 0 Å². The number of hydrogen-bond donors (Lipinski definition) is 4. The number of fused-ring (bicyclic) bond motifs is 1. The van der Waals surface area contributed by atoms with E-state index in [1.165, 1.54) is 16.6 Å². The molecule has 7 nitrogen and oxygen atoms in total. The number of amides is 1. The highest BCUT2D eigenvalue weighted by molar-refractivity contribution is 5.75. The summed E-state index contributed by atoms with van der Waals surface area (Å²) in [5.41, 5.74) is 3.92. The number of rotatable bonds is 10. The average Bonchev–Trinajstić information content (AvgIpc) is 2.72. The van der Waals surface area contributed by atoms with Gasteiger partial charge in [-0.3, -0.25) is 14.8 Å². The van der Waals surface area contributed by atoms with E-state index >= 15 is 0 Å². The maximum atomic E-state index is 12.5. The summed E-state index contributed by atoms with van der Waals surface area (Å²) in [4.78, 5) is 23.7. The molecule has 0 aromatic heterocycles. The standard InChI is InChI=1S/C24H39NO6/c1-5-15(3)24(29)31-21-11-14(2)10-17-7-6-16(4)20(23(17)21)9-8-18(26)12-19(27)13-22(28)25-30/h11,15-20,26-27,30H,5-10,12-13H2,1-4H3,(H,25,28)/t15?,16-,17?,18+,19+,20-/m0/s1. The number of esters is 1. The Hall–Kier alpha value is -1.70. The smallest absolute Gasteiger partial charge is 0.314 e. The van der Waals surface area contributed by atoms with Gasteiger partial charge in [-0.05, 0) is 81.3 Å². The number of aliphatic hydroxyl groups is 2. The van der Waals surface area contributed by atoms with Crippen molar-refractivity contribution in [1.29, 1.82) is 0 Å². The number of hydroxylamine groups is 1. The molecule has 1 amide bonds. The molecular weight excluding hydrogens is 398 g/mol. The van der Waals surface area contributed by atoms with Crippen LogP contribution in [0.5, 0.6) is 0 Å². The van der Waals surface area contributed by atoms with Crippen molar-refractivity contribution >= 4 is 11.9 Å². The van der Waals surface area contributed by atoms with Crippen LogP contribution in [0.1, 0.15) is 79.1 Å². The molecule has 0 aromatic carbocycles. The lowest BCUT2D eigenvalue weighted by molar-refractivity contribution is -0.143. The van der Waals surface area contributed by atoms with Crippen LogP contribution in [0, 0.1) is 23.7 Å². The largest absolute Gasteiger partial charge is 0.426 e. The van der Waals surface area contributed by atoms with Crippen LogP contribution in [0.15, 0.2) is 23.0 Å². The van der Waals surface area contributed by atoms with E-state index in [9.17, 15) is 19.8 Å². The zero-order valence-electron chi connectivity index (χ0n) is 19.3. The topological polar surface area (TPSA) is 116 Å². The van der Waals surface area contributed by atoms with E-state index in [0.717, 1.165) is 32.1 Å². The van der Waals surface area contributed by atoms with E-state index < -0.39 is 18.1 Å². The predicted molar refractivity (Wildman–Crippen MR) is 117 cm³/mol. The van der Waals surface area contributed by atoms with Crippen molar-refractivity contribution in [2.45, 2.75) is 91.3 Å². The third kappa shape index (κ3) is 7.16. The zero-order valence-corrected chi connectivity index (χ0v) is 19.3. The van der Waals surface area contributed by atoms with Gasteiger partial charge in [-0.1, -0.05) is 26.3 Å². The normalized spacial score (nSPS) is 26.4. The van der Waals surface area contributed by atoms with Gasteiger partial charge in [0.1, 0.15) is 5.76 Å². The first-order valence-electron chi connectivity index (χ1n) is 11.6. The molecule has 2 aliphatic rings. The van der Waals surface area contributed by atoms with E-state index in [2.05, 4.69) is 13.8 Å². The molecule has 0 radical (unpaired) electrons. The second kappa shape index (κ2) is 11.8. The van der Waals surface area contributed by atoms with Crippen LogP contribution < -0.4 is 5.48 Å². The first kappa shape index (κ1) is 25.6. The number of allylic oxidation sites excluding steroid dienone is 3. The van der Waals surface area contributed by atoms with Crippen molar-refractivity contribution < 1.29 is 29.7 Å². The summed E-state index contributed by atoms with van der Waals surface area (Å²) in [6, 6.07) is 0. The Balaban J connectivity index is 2.13. The van der Waals surface area contributed by atoms with Gasteiger partial charge in [0.05, 0.1) is 24.5 Å². The third-order valence-electron chi connectivity index (χ3n) is 6.85. The molecule has 0 saturated heterocycles. The van der Waals surface area contributed by atoms with Gasteiger partial charge >= 0.3 is 5.97 Å². The lowest BCUT2D eigenvalue weighted by Gasteiger charge is -2.40. The Labute approximate surface area is 185 Å². The van der Waals surface area contributed by atoms with Crippen LogP contribution in [0.2, 0.25) is 0 Å². The summed E-state index contributed by atoms with van der Waals surface area (Å²) in [5.74, 6) is 0.651. The molecule has 2 rings (SSSR count). The molecule has 0 bridgehead atoms. The molecule has 1 fully saturated rings. The third-order valence-corrected chi connectivity index (χ3v) is 6.85. The van der Waals surface area contributed by atoms with Gasteiger partial charge in [0.2, 0.25) is 5.91 Å². The van der Waals surface area contributed by atoms with Crippen LogP contribution in [-0.4, -0.2) is 39.5 Å². The summed E-state index contributed by atoms with van der Waals surface area (Å²) in [6.07, 6.45) is 5.15. The van der Waals surface area contributed by atoms with Gasteiger partial charge in [-0.25, -0.2) is 5.48 Å². The molecule has 2 unspecified atom stereocenters. The molecule has 0 spiro atoms. The van der Waals surface area contributed by atoms with E-state index in [1.54, 1.807) is 0 Å². The minimum Gasteiger partial charge on any atom is -0.426 e. The Morgan fingerprint density at radius 1 is 1.26 bits per heavy atom. The predicted octanol–water partition coefficient (Wildman–Crippen LogP) is 3.63. The minimum atomic E-state index is -1.01. The average molecular weight is 438 g/mol. The highest BCUT2D eigenvalue weighted by atomic mass is 16.5. The van der Waals surface area contributed by atoms with E-state index in [0.29, 0.717) is 24.0 Å². The molecule has 7 heteroatoms. The number of hydrogen-bond acceptors (Lipinski definition) is 6. The molecule has 31 heavy (non-hydrogen) atoms. The summed E-state index contributed by atoms with van der Waals surface area (Å²) < 4.78 is 5.88. The zero-order chi connectivity index (χ0) is 23.1. The maximum Gasteiger partial charge on any atom is 0.314 e. The molecule has 0 aromatic rings. The number of aliphatic hydroxyl groups excluding tert-OH is 2. The van der Waals surface area contributed by atoms with Crippen LogP contribution in [0.3, 0.4) is 0 Å². The number of carbonyl (C=O) groups excluding carboxylic acids is 2. The van der Waals surface area contributed by atoms with E-state index in [4.69, 9.17) is 9.94 Å². The van der Waals surface area contributed by atoms with E-state index in [-0.39, 0.29) is 30.6 Å². The highest BCUT2D eigenvalue weighted by Crippen LogP contribution is 2.47. The fraction of sp³-hybridized carbons (Fsp3) is 0.750. The fourth-order valence-corrected chi connectivity index (χ4v) is 4.83. The number of nitrogens with one attached hydrogen (secondary N) is 1. The van der Waals surface area contributed by atoms with Crippen molar-refractivity contribution in [2.75, 3.05) is 0 Å². The monoisotopic (exact) mass is 437 g/mol. The second-order valence-corrected chi connectivity index (χ2v) is 9.46. The Morgan fingerprint density at radius 2 is 1.97 bits per heavy atom. The quantitative estimate of drug-likeness (QED) is 0.236. The van der Waals surface area contributed by atoms with Gasteiger partial charge < -0.3 is 14.9 Å². The van der Waals surface area contributed by atoms with Crippen LogP contribution in [0.4, 0.5) is 0 Å². The van der Waals surface area contributed by atoms with Crippen LogP contribution in [0.25, 0.3) is 0 Å². The molecule has 2 aliphatic carbocycles. The lowest BCUT2D eigenvalue weighted by Crippen LogP contribution is -2.32. The SMILES string of the molecule is CCC(C)C(=O)OC1=C2C(CC[C@H](C)[C@@H]2CC[C@@H](O)C[C@@H](O)CC(=O)NO)CC(C)=C1. The summed E-state index contributed by atoms with van der Waals surface area (Å²) in [6.45, 7) is 8.14. The van der Waals surface area contributed by atoms with Gasteiger partial charge in [0.25, 0.3) is 0 Å². The molecule has 0 heterocycles. The fourth-order valence-electron chi connectivity index (χ4n) is 4.83. The lowest BCUT2D eigenvalue weighted by atomic mass is 9.65. The maximum absolute atomic E-state index is 12.5. The Morgan fingerprint density at radius 3 is 2.61 bits per heavy atom. The number of ether oxygens (including phenoxy) is 1. The van der Waals surface area contributed by atoms with Gasteiger partial charge in [-0.2, -0.15) is 0 Å². The summed E-state index contributed by atoms with van der Waals surface area (Å²) in [7, 11) is 0. The first-order chi connectivity index (χ1) is 14.7. The van der Waals surface area contributed by atoms with Crippen molar-refractivity contribution in [3.63, 3.8) is 0 Å².